The molecule has 1 heterocycles. The van der Waals surface area contributed by atoms with E-state index in [1.54, 1.807) is 24.3 Å². The first-order valence-electron chi connectivity index (χ1n) is 5.59. The smallest absolute Gasteiger partial charge is 0.337 e. The number of aromatic amines is 1. The van der Waals surface area contributed by atoms with Crippen molar-refractivity contribution >= 4 is 11.9 Å². The van der Waals surface area contributed by atoms with Crippen LogP contribution in [0.4, 0.5) is 5.95 Å². The molecule has 0 fully saturated rings. The molecule has 0 aliphatic rings. The van der Waals surface area contributed by atoms with E-state index < -0.39 is 0 Å². The van der Waals surface area contributed by atoms with Crippen molar-refractivity contribution in [3.05, 3.63) is 35.4 Å². The average molecular weight is 257 g/mol. The van der Waals surface area contributed by atoms with Crippen LogP contribution in [0.15, 0.2) is 24.3 Å². The van der Waals surface area contributed by atoms with E-state index in [-0.39, 0.29) is 17.9 Å². The number of amides is 1. The van der Waals surface area contributed by atoms with Gasteiger partial charge in [0.25, 0.3) is 5.91 Å². The van der Waals surface area contributed by atoms with Crippen molar-refractivity contribution in [2.45, 2.75) is 6.92 Å². The molecule has 0 bridgehead atoms. The van der Waals surface area contributed by atoms with E-state index in [4.69, 9.17) is 10.00 Å². The van der Waals surface area contributed by atoms with E-state index in [0.717, 1.165) is 0 Å². The van der Waals surface area contributed by atoms with Crippen molar-refractivity contribution < 1.29 is 9.53 Å². The molecule has 1 amide bonds. The third-order valence-corrected chi connectivity index (χ3v) is 2.25. The summed E-state index contributed by atoms with van der Waals surface area (Å²) in [5, 5.41) is 17.5. The molecule has 2 N–H and O–H groups in total. The third kappa shape index (κ3) is 3.07. The van der Waals surface area contributed by atoms with E-state index in [1.165, 1.54) is 0 Å². The highest BCUT2D eigenvalue weighted by molar-refractivity contribution is 6.03. The molecule has 0 aliphatic carbocycles. The van der Waals surface area contributed by atoms with E-state index >= 15 is 0 Å². The molecule has 19 heavy (non-hydrogen) atoms. The summed E-state index contributed by atoms with van der Waals surface area (Å²) in [5.74, 6) is -0.138. The summed E-state index contributed by atoms with van der Waals surface area (Å²) in [6.45, 7) is 2.26. The maximum absolute atomic E-state index is 11.9. The Balaban J connectivity index is 2.05. The van der Waals surface area contributed by atoms with Gasteiger partial charge in [0.15, 0.2) is 0 Å². The largest absolute Gasteiger partial charge is 0.463 e. The minimum absolute atomic E-state index is 0.178. The monoisotopic (exact) mass is 257 g/mol. The van der Waals surface area contributed by atoms with Gasteiger partial charge in [0.2, 0.25) is 5.95 Å². The summed E-state index contributed by atoms with van der Waals surface area (Å²) >= 11 is 0. The van der Waals surface area contributed by atoms with Gasteiger partial charge >= 0.3 is 6.01 Å². The highest BCUT2D eigenvalue weighted by atomic mass is 16.5. The van der Waals surface area contributed by atoms with Gasteiger partial charge in [-0.15, -0.1) is 5.10 Å². The number of aromatic nitrogens is 3. The number of anilines is 1. The van der Waals surface area contributed by atoms with Gasteiger partial charge in [-0.25, -0.2) is 5.10 Å². The Bertz CT molecular complexity index is 612. The van der Waals surface area contributed by atoms with Crippen LogP contribution in [0.2, 0.25) is 0 Å². The van der Waals surface area contributed by atoms with Crippen LogP contribution in [0, 0.1) is 11.3 Å². The lowest BCUT2D eigenvalue weighted by Crippen LogP contribution is -2.12. The molecule has 0 atom stereocenters. The lowest BCUT2D eigenvalue weighted by molar-refractivity contribution is 0.102. The summed E-state index contributed by atoms with van der Waals surface area (Å²) in [4.78, 5) is 15.8. The number of carbonyl (C=O) groups is 1. The fourth-order valence-electron chi connectivity index (χ4n) is 1.37. The van der Waals surface area contributed by atoms with E-state index in [2.05, 4.69) is 20.5 Å². The number of nitrogens with zero attached hydrogens (tertiary/aromatic N) is 3. The zero-order chi connectivity index (χ0) is 13.7. The zero-order valence-electron chi connectivity index (χ0n) is 10.2. The molecule has 1 aromatic heterocycles. The first kappa shape index (κ1) is 12.6. The molecule has 0 saturated carbocycles. The summed E-state index contributed by atoms with van der Waals surface area (Å²) < 4.78 is 5.06. The molecular weight excluding hydrogens is 246 g/mol. The van der Waals surface area contributed by atoms with Gasteiger partial charge in [0.05, 0.1) is 18.2 Å². The van der Waals surface area contributed by atoms with Crippen LogP contribution in [0.3, 0.4) is 0 Å². The molecule has 7 nitrogen and oxygen atoms in total. The van der Waals surface area contributed by atoms with Crippen LogP contribution >= 0.6 is 0 Å². The number of carbonyl (C=O) groups excluding carboxylic acids is 1. The number of hydrogen-bond acceptors (Lipinski definition) is 5. The average Bonchev–Trinajstić information content (AvgIpc) is 2.86. The summed E-state index contributed by atoms with van der Waals surface area (Å²) in [6, 6.07) is 8.43. The molecule has 0 radical (unpaired) electrons. The first-order valence-corrected chi connectivity index (χ1v) is 5.59. The number of benzene rings is 1. The third-order valence-electron chi connectivity index (χ3n) is 2.25. The quantitative estimate of drug-likeness (QED) is 0.859. The Morgan fingerprint density at radius 3 is 2.84 bits per heavy atom. The number of ether oxygens (including phenoxy) is 1. The Kier molecular flexibility index (Phi) is 3.73. The first-order chi connectivity index (χ1) is 9.22. The predicted molar refractivity (Wildman–Crippen MR) is 66.7 cm³/mol. The number of H-pyrrole nitrogens is 1. The number of rotatable bonds is 4. The number of nitriles is 1. The summed E-state index contributed by atoms with van der Waals surface area (Å²) in [6.07, 6.45) is 0. The fourth-order valence-corrected chi connectivity index (χ4v) is 1.37. The van der Waals surface area contributed by atoms with Crippen molar-refractivity contribution in [2.75, 3.05) is 11.9 Å². The van der Waals surface area contributed by atoms with Crippen LogP contribution in [0.25, 0.3) is 0 Å². The molecule has 0 aliphatic heterocycles. The Hall–Kier alpha value is -2.88. The van der Waals surface area contributed by atoms with Gasteiger partial charge < -0.3 is 4.74 Å². The number of hydrogen-bond donors (Lipinski definition) is 2. The minimum atomic E-state index is -0.344. The number of nitrogens with one attached hydrogen (secondary N) is 2. The molecule has 1 aromatic carbocycles. The van der Waals surface area contributed by atoms with Crippen molar-refractivity contribution in [1.29, 1.82) is 5.26 Å². The molecule has 2 rings (SSSR count). The van der Waals surface area contributed by atoms with Crippen LogP contribution < -0.4 is 10.1 Å². The standard InChI is InChI=1S/C12H11N5O2/c1-2-19-12-15-11(16-17-12)14-10(18)9-5-3-8(7-13)4-6-9/h3-6H,2H2,1H3,(H2,14,15,16,17,18). The molecule has 0 spiro atoms. The van der Waals surface area contributed by atoms with E-state index in [1.807, 2.05) is 13.0 Å². The Morgan fingerprint density at radius 1 is 1.47 bits per heavy atom. The predicted octanol–water partition coefficient (Wildman–Crippen LogP) is 1.33. The second-order valence-electron chi connectivity index (χ2n) is 3.54. The maximum Gasteiger partial charge on any atom is 0.337 e. The van der Waals surface area contributed by atoms with Crippen LogP contribution in [0.5, 0.6) is 6.01 Å². The lowest BCUT2D eigenvalue weighted by atomic mass is 10.1. The maximum atomic E-state index is 11.9. The second-order valence-corrected chi connectivity index (χ2v) is 3.54. The summed E-state index contributed by atoms with van der Waals surface area (Å²) in [7, 11) is 0. The van der Waals surface area contributed by atoms with Gasteiger partial charge in [0, 0.05) is 5.56 Å². The topological polar surface area (TPSA) is 104 Å². The molecule has 2 aromatic rings. The SMILES string of the molecule is CCOc1n[nH]c(NC(=O)c2ccc(C#N)cc2)n1. The van der Waals surface area contributed by atoms with Crippen LogP contribution in [-0.4, -0.2) is 27.7 Å². The molecule has 7 heteroatoms. The Labute approximate surface area is 109 Å². The highest BCUT2D eigenvalue weighted by Gasteiger charge is 2.09. The molecular formula is C12H11N5O2. The minimum Gasteiger partial charge on any atom is -0.463 e. The van der Waals surface area contributed by atoms with E-state index in [9.17, 15) is 4.79 Å². The van der Waals surface area contributed by atoms with Gasteiger partial charge in [-0.05, 0) is 31.2 Å². The van der Waals surface area contributed by atoms with Gasteiger partial charge in [0.1, 0.15) is 0 Å². The van der Waals surface area contributed by atoms with Crippen LogP contribution in [-0.2, 0) is 0 Å². The Morgan fingerprint density at radius 2 is 2.21 bits per heavy atom. The van der Waals surface area contributed by atoms with Gasteiger partial charge in [-0.3, -0.25) is 10.1 Å². The second kappa shape index (κ2) is 5.64. The van der Waals surface area contributed by atoms with Crippen molar-refractivity contribution in [3.8, 4) is 12.1 Å². The van der Waals surface area contributed by atoms with E-state index in [0.29, 0.717) is 17.7 Å². The zero-order valence-corrected chi connectivity index (χ0v) is 10.2. The van der Waals surface area contributed by atoms with Crippen molar-refractivity contribution in [3.63, 3.8) is 0 Å². The van der Waals surface area contributed by atoms with Crippen molar-refractivity contribution in [2.24, 2.45) is 0 Å². The van der Waals surface area contributed by atoms with Gasteiger partial charge in [-0.1, -0.05) is 0 Å². The molecule has 0 saturated heterocycles. The van der Waals surface area contributed by atoms with Gasteiger partial charge in [-0.2, -0.15) is 10.2 Å². The molecule has 0 unspecified atom stereocenters. The van der Waals surface area contributed by atoms with Crippen LogP contribution in [0.1, 0.15) is 22.8 Å². The molecule has 96 valence electrons. The highest BCUT2D eigenvalue weighted by Crippen LogP contribution is 2.09. The summed E-state index contributed by atoms with van der Waals surface area (Å²) in [5.41, 5.74) is 0.920. The van der Waals surface area contributed by atoms with Crippen molar-refractivity contribution in [1.82, 2.24) is 15.2 Å². The fraction of sp³-hybridized carbons (Fsp3) is 0.167. The lowest BCUT2D eigenvalue weighted by Gasteiger charge is -2.00. The normalized spacial score (nSPS) is 9.68.